The molecule has 160 valence electrons. The van der Waals surface area contributed by atoms with Gasteiger partial charge in [0.05, 0.1) is 0 Å². The lowest BCUT2D eigenvalue weighted by molar-refractivity contribution is -0.174. The summed E-state index contributed by atoms with van der Waals surface area (Å²) in [5.41, 5.74) is 0.431. The molecule has 30 heavy (non-hydrogen) atoms. The summed E-state index contributed by atoms with van der Waals surface area (Å²) in [7, 11) is 0. The number of halogens is 4. The average Bonchev–Trinajstić information content (AvgIpc) is 3.04. The molecule has 1 unspecified atom stereocenters. The highest BCUT2D eigenvalue weighted by Gasteiger charge is 2.44. The average molecular weight is 427 g/mol. The third-order valence-electron chi connectivity index (χ3n) is 4.93. The summed E-state index contributed by atoms with van der Waals surface area (Å²) in [6, 6.07) is -0.313. The Bertz CT molecular complexity index is 1020. The topological polar surface area (TPSA) is 98.1 Å². The van der Waals surface area contributed by atoms with Gasteiger partial charge in [0.15, 0.2) is 5.82 Å². The monoisotopic (exact) mass is 427 g/mol. The molecule has 1 aromatic heterocycles. The van der Waals surface area contributed by atoms with E-state index in [4.69, 9.17) is 4.74 Å². The number of rotatable bonds is 2. The zero-order valence-corrected chi connectivity index (χ0v) is 15.7. The van der Waals surface area contributed by atoms with E-state index in [9.17, 15) is 27.2 Å². The van der Waals surface area contributed by atoms with Crippen LogP contribution in [0.25, 0.3) is 0 Å². The maximum Gasteiger partial charge on any atom is 0.410 e. The SMILES string of the molecule is Cc1cc(F)c2c(c1)OC[C@H](NC(=O)c1nc3n(n1)C(C(F)(F)F)CCC3)C(=O)N2. The van der Waals surface area contributed by atoms with Crippen molar-refractivity contribution in [3.63, 3.8) is 0 Å². The minimum atomic E-state index is -4.51. The van der Waals surface area contributed by atoms with E-state index in [1.807, 2.05) is 0 Å². The van der Waals surface area contributed by atoms with Gasteiger partial charge >= 0.3 is 6.18 Å². The summed E-state index contributed by atoms with van der Waals surface area (Å²) >= 11 is 0. The van der Waals surface area contributed by atoms with Crippen LogP contribution in [0.1, 0.15) is 40.9 Å². The lowest BCUT2D eigenvalue weighted by Gasteiger charge is -2.25. The maximum absolute atomic E-state index is 14.1. The van der Waals surface area contributed by atoms with Gasteiger partial charge in [-0.25, -0.2) is 14.1 Å². The number of anilines is 1. The van der Waals surface area contributed by atoms with Crippen LogP contribution in [0.4, 0.5) is 23.2 Å². The van der Waals surface area contributed by atoms with Crippen LogP contribution in [0.2, 0.25) is 0 Å². The van der Waals surface area contributed by atoms with Crippen molar-refractivity contribution in [2.75, 3.05) is 11.9 Å². The van der Waals surface area contributed by atoms with E-state index in [0.29, 0.717) is 5.56 Å². The first-order chi connectivity index (χ1) is 14.1. The number of aromatic nitrogens is 3. The van der Waals surface area contributed by atoms with E-state index in [1.54, 1.807) is 6.92 Å². The fourth-order valence-corrected chi connectivity index (χ4v) is 3.48. The van der Waals surface area contributed by atoms with Gasteiger partial charge in [-0.2, -0.15) is 13.2 Å². The number of carbonyl (C=O) groups excluding carboxylic acids is 2. The van der Waals surface area contributed by atoms with E-state index in [-0.39, 0.29) is 43.1 Å². The Morgan fingerprint density at radius 1 is 1.37 bits per heavy atom. The minimum absolute atomic E-state index is 0.0558. The maximum atomic E-state index is 14.1. The van der Waals surface area contributed by atoms with Crippen molar-refractivity contribution in [1.29, 1.82) is 0 Å². The highest BCUT2D eigenvalue weighted by atomic mass is 19.4. The third-order valence-corrected chi connectivity index (χ3v) is 4.93. The van der Waals surface area contributed by atoms with Crippen LogP contribution >= 0.6 is 0 Å². The number of hydrogen-bond acceptors (Lipinski definition) is 5. The normalized spacial score (nSPS) is 21.0. The first-order valence-corrected chi connectivity index (χ1v) is 9.20. The first kappa shape index (κ1) is 20.1. The molecule has 0 saturated heterocycles. The molecule has 4 rings (SSSR count). The molecule has 1 aromatic carbocycles. The second kappa shape index (κ2) is 7.26. The number of aryl methyl sites for hydroxylation is 2. The summed E-state index contributed by atoms with van der Waals surface area (Å²) in [5.74, 6) is -2.66. The number of ether oxygens (including phenoxy) is 1. The Hall–Kier alpha value is -3.18. The number of alkyl halides is 3. The van der Waals surface area contributed by atoms with Crippen LogP contribution < -0.4 is 15.4 Å². The Labute approximate surface area is 167 Å². The lowest BCUT2D eigenvalue weighted by Crippen LogP contribution is -2.46. The molecule has 0 bridgehead atoms. The van der Waals surface area contributed by atoms with Crippen molar-refractivity contribution < 1.29 is 31.9 Å². The Balaban J connectivity index is 1.52. The van der Waals surface area contributed by atoms with Crippen LogP contribution in [0.3, 0.4) is 0 Å². The number of nitrogens with one attached hydrogen (secondary N) is 2. The highest BCUT2D eigenvalue weighted by molar-refractivity contribution is 6.01. The quantitative estimate of drug-likeness (QED) is 0.717. The van der Waals surface area contributed by atoms with Crippen molar-refractivity contribution >= 4 is 17.5 Å². The smallest absolute Gasteiger partial charge is 0.410 e. The summed E-state index contributed by atoms with van der Waals surface area (Å²) in [6.45, 7) is 1.35. The summed E-state index contributed by atoms with van der Waals surface area (Å²) < 4.78 is 59.9. The van der Waals surface area contributed by atoms with Gasteiger partial charge in [0.25, 0.3) is 11.8 Å². The van der Waals surface area contributed by atoms with Gasteiger partial charge < -0.3 is 15.4 Å². The van der Waals surface area contributed by atoms with Crippen molar-refractivity contribution in [3.8, 4) is 5.75 Å². The van der Waals surface area contributed by atoms with Gasteiger partial charge in [0.1, 0.15) is 36.0 Å². The van der Waals surface area contributed by atoms with E-state index in [0.717, 1.165) is 4.68 Å². The molecule has 0 aliphatic carbocycles. The molecular formula is C18H17F4N5O3. The standard InChI is InChI=1S/C18H17F4N5O3/c1-8-5-9(19)14-11(6-8)30-7-10(16(28)25-14)23-17(29)15-24-13-4-2-3-12(18(20,21)22)27(13)26-15/h5-6,10,12H,2-4,7H2,1H3,(H,23,29)(H,25,28)/t10-,12?/m0/s1. The molecule has 0 fully saturated rings. The molecule has 2 amide bonds. The largest absolute Gasteiger partial charge is 0.489 e. The molecule has 12 heteroatoms. The van der Waals surface area contributed by atoms with Gasteiger partial charge in [0.2, 0.25) is 5.82 Å². The Morgan fingerprint density at radius 3 is 2.87 bits per heavy atom. The number of nitrogens with zero attached hydrogens (tertiary/aromatic N) is 3. The van der Waals surface area contributed by atoms with E-state index in [2.05, 4.69) is 20.7 Å². The number of carbonyl (C=O) groups is 2. The molecule has 2 atom stereocenters. The number of hydrogen-bond donors (Lipinski definition) is 2. The van der Waals surface area contributed by atoms with Crippen LogP contribution in [-0.4, -0.2) is 45.4 Å². The summed E-state index contributed by atoms with van der Waals surface area (Å²) in [6.07, 6.45) is -4.14. The van der Waals surface area contributed by atoms with Gasteiger partial charge in [0, 0.05) is 6.42 Å². The number of amides is 2. The third kappa shape index (κ3) is 3.68. The van der Waals surface area contributed by atoms with Crippen LogP contribution in [0.5, 0.6) is 5.75 Å². The zero-order valence-electron chi connectivity index (χ0n) is 15.7. The summed E-state index contributed by atoms with van der Waals surface area (Å²) in [5, 5.41) is 8.41. The number of benzene rings is 1. The molecule has 0 saturated carbocycles. The van der Waals surface area contributed by atoms with Crippen LogP contribution in [-0.2, 0) is 11.2 Å². The fraction of sp³-hybridized carbons (Fsp3) is 0.444. The highest BCUT2D eigenvalue weighted by Crippen LogP contribution is 2.37. The van der Waals surface area contributed by atoms with E-state index in [1.165, 1.54) is 12.1 Å². The Kier molecular flexibility index (Phi) is 4.86. The molecule has 2 N–H and O–H groups in total. The molecule has 3 heterocycles. The molecule has 0 radical (unpaired) electrons. The van der Waals surface area contributed by atoms with Crippen LogP contribution in [0.15, 0.2) is 12.1 Å². The van der Waals surface area contributed by atoms with Gasteiger partial charge in [-0.05, 0) is 37.5 Å². The van der Waals surface area contributed by atoms with Crippen molar-refractivity contribution in [1.82, 2.24) is 20.1 Å². The van der Waals surface area contributed by atoms with E-state index >= 15 is 0 Å². The lowest BCUT2D eigenvalue weighted by atomic mass is 10.1. The molecule has 8 nitrogen and oxygen atoms in total. The Morgan fingerprint density at radius 2 is 2.13 bits per heavy atom. The molecule has 0 spiro atoms. The number of fused-ring (bicyclic) bond motifs is 2. The van der Waals surface area contributed by atoms with Crippen molar-refractivity contribution in [3.05, 3.63) is 35.2 Å². The molecule has 2 aliphatic heterocycles. The second-order valence-electron chi connectivity index (χ2n) is 7.19. The van der Waals surface area contributed by atoms with Crippen molar-refractivity contribution in [2.24, 2.45) is 0 Å². The van der Waals surface area contributed by atoms with Gasteiger partial charge in [-0.15, -0.1) is 5.10 Å². The van der Waals surface area contributed by atoms with Crippen LogP contribution in [0, 0.1) is 12.7 Å². The summed E-state index contributed by atoms with van der Waals surface area (Å²) in [4.78, 5) is 28.8. The van der Waals surface area contributed by atoms with Gasteiger partial charge in [-0.3, -0.25) is 9.59 Å². The zero-order chi connectivity index (χ0) is 21.6. The minimum Gasteiger partial charge on any atom is -0.489 e. The second-order valence-corrected chi connectivity index (χ2v) is 7.19. The predicted octanol–water partition coefficient (Wildman–Crippen LogP) is 2.29. The van der Waals surface area contributed by atoms with Crippen molar-refractivity contribution in [2.45, 2.75) is 44.4 Å². The molecular weight excluding hydrogens is 410 g/mol. The van der Waals surface area contributed by atoms with E-state index < -0.39 is 41.7 Å². The van der Waals surface area contributed by atoms with Gasteiger partial charge in [-0.1, -0.05) is 0 Å². The molecule has 2 aromatic rings. The molecule has 2 aliphatic rings. The predicted molar refractivity (Wildman–Crippen MR) is 94.6 cm³/mol. The first-order valence-electron chi connectivity index (χ1n) is 9.20. The fourth-order valence-electron chi connectivity index (χ4n) is 3.48.